The highest BCUT2D eigenvalue weighted by molar-refractivity contribution is 5.97. The SMILES string of the molecule is O=C(Nc1cccn2c(C3CCC3)nnc12)[C@@H]1COc2ccccc2O1. The first-order valence-electron chi connectivity index (χ1n) is 8.82. The molecule has 1 aromatic carbocycles. The predicted octanol–water partition coefficient (Wildman–Crippen LogP) is 2.78. The normalized spacial score (nSPS) is 19.2. The zero-order valence-corrected chi connectivity index (χ0v) is 14.1. The second kappa shape index (κ2) is 6.01. The van der Waals surface area contributed by atoms with E-state index < -0.39 is 6.10 Å². The number of rotatable bonds is 3. The van der Waals surface area contributed by atoms with Crippen LogP contribution in [0.2, 0.25) is 0 Å². The maximum atomic E-state index is 12.7. The third-order valence-corrected chi connectivity index (χ3v) is 4.99. The molecule has 1 fully saturated rings. The molecule has 132 valence electrons. The van der Waals surface area contributed by atoms with Gasteiger partial charge in [0.15, 0.2) is 17.1 Å². The van der Waals surface area contributed by atoms with Crippen LogP contribution in [-0.2, 0) is 4.79 Å². The smallest absolute Gasteiger partial charge is 0.269 e. The van der Waals surface area contributed by atoms with Crippen molar-refractivity contribution in [3.05, 3.63) is 48.4 Å². The van der Waals surface area contributed by atoms with Crippen molar-refractivity contribution in [1.29, 1.82) is 0 Å². The molecule has 0 bridgehead atoms. The zero-order valence-electron chi connectivity index (χ0n) is 14.1. The highest BCUT2D eigenvalue weighted by atomic mass is 16.6. The summed E-state index contributed by atoms with van der Waals surface area (Å²) in [5, 5.41) is 11.5. The van der Waals surface area contributed by atoms with Crippen LogP contribution in [0.3, 0.4) is 0 Å². The average molecular weight is 350 g/mol. The molecule has 2 aromatic heterocycles. The molecule has 1 aliphatic heterocycles. The number of ether oxygens (including phenoxy) is 2. The Hall–Kier alpha value is -3.09. The van der Waals surface area contributed by atoms with Gasteiger partial charge in [-0.15, -0.1) is 10.2 Å². The number of aromatic nitrogens is 3. The second-order valence-electron chi connectivity index (χ2n) is 6.65. The van der Waals surface area contributed by atoms with Gasteiger partial charge in [-0.3, -0.25) is 9.20 Å². The molecule has 1 N–H and O–H groups in total. The Bertz CT molecular complexity index is 980. The highest BCUT2D eigenvalue weighted by Crippen LogP contribution is 2.36. The van der Waals surface area contributed by atoms with Gasteiger partial charge in [-0.1, -0.05) is 18.6 Å². The minimum atomic E-state index is -0.709. The largest absolute Gasteiger partial charge is 0.485 e. The van der Waals surface area contributed by atoms with Gasteiger partial charge < -0.3 is 14.8 Å². The molecule has 2 aliphatic rings. The van der Waals surface area contributed by atoms with Crippen molar-refractivity contribution in [3.63, 3.8) is 0 Å². The fourth-order valence-electron chi connectivity index (χ4n) is 3.34. The molecule has 7 nitrogen and oxygen atoms in total. The van der Waals surface area contributed by atoms with Crippen molar-refractivity contribution < 1.29 is 14.3 Å². The summed E-state index contributed by atoms with van der Waals surface area (Å²) in [4.78, 5) is 12.7. The third kappa shape index (κ3) is 2.47. The maximum Gasteiger partial charge on any atom is 0.269 e. The number of amides is 1. The minimum Gasteiger partial charge on any atom is -0.485 e. The first-order valence-corrected chi connectivity index (χ1v) is 8.82. The number of hydrogen-bond acceptors (Lipinski definition) is 5. The first kappa shape index (κ1) is 15.2. The lowest BCUT2D eigenvalue weighted by Gasteiger charge is -2.25. The molecular formula is C19H18N4O3. The number of nitrogens with one attached hydrogen (secondary N) is 1. The molecule has 1 saturated carbocycles. The molecular weight excluding hydrogens is 332 g/mol. The molecule has 0 saturated heterocycles. The fraction of sp³-hybridized carbons (Fsp3) is 0.316. The Labute approximate surface area is 149 Å². The molecule has 1 amide bonds. The van der Waals surface area contributed by atoms with Gasteiger partial charge in [-0.05, 0) is 37.1 Å². The van der Waals surface area contributed by atoms with E-state index in [2.05, 4.69) is 15.5 Å². The topological polar surface area (TPSA) is 77.8 Å². The predicted molar refractivity (Wildman–Crippen MR) is 94.6 cm³/mol. The molecule has 7 heteroatoms. The summed E-state index contributed by atoms with van der Waals surface area (Å²) in [6.07, 6.45) is 4.75. The molecule has 0 spiro atoms. The fourth-order valence-corrected chi connectivity index (χ4v) is 3.34. The summed E-state index contributed by atoms with van der Waals surface area (Å²) >= 11 is 0. The monoisotopic (exact) mass is 350 g/mol. The number of nitrogens with zero attached hydrogens (tertiary/aromatic N) is 3. The van der Waals surface area contributed by atoms with Crippen LogP contribution in [0, 0.1) is 0 Å². The van der Waals surface area contributed by atoms with Crippen LogP contribution in [0.15, 0.2) is 42.6 Å². The van der Waals surface area contributed by atoms with Crippen LogP contribution in [0.25, 0.3) is 5.65 Å². The standard InChI is InChI=1S/C19H18N4O3/c24-19(16-11-25-14-8-1-2-9-15(14)26-16)20-13-7-4-10-23-17(12-5-3-6-12)21-22-18(13)23/h1-2,4,7-10,12,16H,3,5-6,11H2,(H,20,24)/t16-/m0/s1. The van der Waals surface area contributed by atoms with Gasteiger partial charge in [0.2, 0.25) is 6.10 Å². The van der Waals surface area contributed by atoms with Crippen LogP contribution in [0.1, 0.15) is 31.0 Å². The summed E-state index contributed by atoms with van der Waals surface area (Å²) in [5.74, 6) is 2.39. The van der Waals surface area contributed by atoms with Gasteiger partial charge in [0.1, 0.15) is 12.4 Å². The molecule has 0 radical (unpaired) electrons. The Balaban J connectivity index is 1.38. The first-order chi connectivity index (χ1) is 12.8. The van der Waals surface area contributed by atoms with Crippen LogP contribution < -0.4 is 14.8 Å². The van der Waals surface area contributed by atoms with E-state index in [0.29, 0.717) is 28.8 Å². The number of benzene rings is 1. The van der Waals surface area contributed by atoms with E-state index in [9.17, 15) is 4.79 Å². The Morgan fingerprint density at radius 3 is 2.77 bits per heavy atom. The van der Waals surface area contributed by atoms with Crippen molar-refractivity contribution in [1.82, 2.24) is 14.6 Å². The quantitative estimate of drug-likeness (QED) is 0.786. The van der Waals surface area contributed by atoms with Crippen LogP contribution in [0.4, 0.5) is 5.69 Å². The molecule has 26 heavy (non-hydrogen) atoms. The van der Waals surface area contributed by atoms with Crippen LogP contribution in [0.5, 0.6) is 11.5 Å². The minimum absolute atomic E-state index is 0.173. The van der Waals surface area contributed by atoms with Crippen LogP contribution in [-0.4, -0.2) is 33.2 Å². The second-order valence-corrected chi connectivity index (χ2v) is 6.65. The van der Waals surface area contributed by atoms with E-state index in [1.54, 1.807) is 6.07 Å². The van der Waals surface area contributed by atoms with Gasteiger partial charge in [0.05, 0.1) is 5.69 Å². The van der Waals surface area contributed by atoms with Gasteiger partial charge in [0.25, 0.3) is 5.91 Å². The number of carbonyl (C=O) groups excluding carboxylic acids is 1. The van der Waals surface area contributed by atoms with E-state index in [-0.39, 0.29) is 12.5 Å². The van der Waals surface area contributed by atoms with E-state index in [1.807, 2.05) is 40.9 Å². The number of para-hydroxylation sites is 2. The summed E-state index contributed by atoms with van der Waals surface area (Å²) < 4.78 is 13.4. The van der Waals surface area contributed by atoms with Crippen molar-refractivity contribution in [2.75, 3.05) is 11.9 Å². The number of fused-ring (bicyclic) bond motifs is 2. The molecule has 1 atom stereocenters. The van der Waals surface area contributed by atoms with Crippen molar-refractivity contribution in [3.8, 4) is 11.5 Å². The van der Waals surface area contributed by atoms with E-state index in [4.69, 9.17) is 9.47 Å². The van der Waals surface area contributed by atoms with Crippen molar-refractivity contribution >= 4 is 17.2 Å². The number of hydrogen-bond donors (Lipinski definition) is 1. The summed E-state index contributed by atoms with van der Waals surface area (Å²) in [5.41, 5.74) is 1.28. The molecule has 0 unspecified atom stereocenters. The molecule has 3 heterocycles. The van der Waals surface area contributed by atoms with Gasteiger partial charge >= 0.3 is 0 Å². The Morgan fingerprint density at radius 1 is 1.12 bits per heavy atom. The van der Waals surface area contributed by atoms with Gasteiger partial charge in [-0.2, -0.15) is 0 Å². The van der Waals surface area contributed by atoms with Crippen LogP contribution >= 0.6 is 0 Å². The molecule has 1 aliphatic carbocycles. The molecule has 3 aromatic rings. The lowest BCUT2D eigenvalue weighted by molar-refractivity contribution is -0.125. The lowest BCUT2D eigenvalue weighted by atomic mass is 9.85. The summed E-state index contributed by atoms with van der Waals surface area (Å²) in [6.45, 7) is 0.173. The average Bonchev–Trinajstić information content (AvgIpc) is 3.05. The van der Waals surface area contributed by atoms with Crippen molar-refractivity contribution in [2.45, 2.75) is 31.3 Å². The summed E-state index contributed by atoms with van der Waals surface area (Å²) in [6, 6.07) is 11.0. The maximum absolute atomic E-state index is 12.7. The Kier molecular flexibility index (Phi) is 3.51. The van der Waals surface area contributed by atoms with Gasteiger partial charge in [-0.25, -0.2) is 0 Å². The third-order valence-electron chi connectivity index (χ3n) is 4.99. The zero-order chi connectivity index (χ0) is 17.5. The lowest BCUT2D eigenvalue weighted by Crippen LogP contribution is -2.40. The van der Waals surface area contributed by atoms with E-state index in [0.717, 1.165) is 18.7 Å². The van der Waals surface area contributed by atoms with E-state index >= 15 is 0 Å². The molecule has 5 rings (SSSR count). The van der Waals surface area contributed by atoms with Gasteiger partial charge in [0, 0.05) is 12.1 Å². The number of pyridine rings is 1. The number of anilines is 1. The summed E-state index contributed by atoms with van der Waals surface area (Å²) in [7, 11) is 0. The highest BCUT2D eigenvalue weighted by Gasteiger charge is 2.29. The number of carbonyl (C=O) groups is 1. The van der Waals surface area contributed by atoms with E-state index in [1.165, 1.54) is 6.42 Å². The van der Waals surface area contributed by atoms with Crippen molar-refractivity contribution in [2.24, 2.45) is 0 Å². The Morgan fingerprint density at radius 2 is 1.96 bits per heavy atom.